The molecule has 0 bridgehead atoms. The van der Waals surface area contributed by atoms with Crippen molar-refractivity contribution in [2.24, 2.45) is 5.73 Å². The number of piperazine rings is 1. The normalized spacial score (nSPS) is 25.6. The molecule has 2 N–H and O–H groups in total. The summed E-state index contributed by atoms with van der Waals surface area (Å²) in [5.74, 6) is 3.79. The van der Waals surface area contributed by atoms with Crippen LogP contribution in [0.4, 0.5) is 5.69 Å². The minimum Gasteiger partial charge on any atom is -0.495 e. The Labute approximate surface area is 166 Å². The third-order valence-electron chi connectivity index (χ3n) is 6.41. The van der Waals surface area contributed by atoms with E-state index in [1.165, 1.54) is 24.4 Å². The number of methoxy groups -OCH3 is 1. The molecule has 1 saturated heterocycles. The molecule has 2 saturated carbocycles. The van der Waals surface area contributed by atoms with E-state index in [9.17, 15) is 0 Å². The number of nitrogens with two attached hydrogens (primary N) is 1. The van der Waals surface area contributed by atoms with Gasteiger partial charge in [-0.25, -0.2) is 0 Å². The number of hydrogen-bond donors (Lipinski definition) is 1. The summed E-state index contributed by atoms with van der Waals surface area (Å²) in [6.45, 7) is 4.95. The molecule has 0 amide bonds. The lowest BCUT2D eigenvalue weighted by Crippen LogP contribution is -2.46. The molecule has 7 nitrogen and oxygen atoms in total. The monoisotopic (exact) mass is 382 g/mol. The van der Waals surface area contributed by atoms with Gasteiger partial charge in [-0.1, -0.05) is 12.1 Å². The summed E-state index contributed by atoms with van der Waals surface area (Å²) in [6, 6.07) is 9.25. The van der Waals surface area contributed by atoms with Crippen molar-refractivity contribution in [3.8, 4) is 5.75 Å². The second-order valence-electron chi connectivity index (χ2n) is 8.44. The number of anilines is 1. The second kappa shape index (κ2) is 7.37. The predicted octanol–water partition coefficient (Wildman–Crippen LogP) is 2.15. The average Bonchev–Trinajstić information content (AvgIpc) is 3.47. The first-order valence-corrected chi connectivity index (χ1v) is 10.5. The molecular formula is C21H30N6O. The number of hydrogen-bond acceptors (Lipinski definition) is 6. The molecule has 1 aromatic carbocycles. The Balaban J connectivity index is 1.25. The number of aromatic nitrogens is 3. The van der Waals surface area contributed by atoms with Gasteiger partial charge in [-0.15, -0.1) is 10.2 Å². The van der Waals surface area contributed by atoms with Crippen molar-refractivity contribution in [3.63, 3.8) is 0 Å². The highest BCUT2D eigenvalue weighted by Gasteiger charge is 2.37. The minimum absolute atomic E-state index is 0.348. The number of benzene rings is 1. The largest absolute Gasteiger partial charge is 0.495 e. The summed E-state index contributed by atoms with van der Waals surface area (Å²) in [6.07, 6.45) is 4.64. The molecule has 0 radical (unpaired) electrons. The van der Waals surface area contributed by atoms with Crippen LogP contribution >= 0.6 is 0 Å². The van der Waals surface area contributed by atoms with Gasteiger partial charge in [0.25, 0.3) is 0 Å². The van der Waals surface area contributed by atoms with Gasteiger partial charge in [-0.3, -0.25) is 4.90 Å². The number of nitrogens with zero attached hydrogens (tertiary/aromatic N) is 5. The molecule has 5 rings (SSSR count). The zero-order chi connectivity index (χ0) is 19.1. The molecule has 0 unspecified atom stereocenters. The second-order valence-corrected chi connectivity index (χ2v) is 8.44. The Morgan fingerprint density at radius 3 is 2.50 bits per heavy atom. The lowest BCUT2D eigenvalue weighted by atomic mass is 9.80. The molecular weight excluding hydrogens is 352 g/mol. The van der Waals surface area contributed by atoms with Crippen LogP contribution in [-0.4, -0.2) is 59.0 Å². The van der Waals surface area contributed by atoms with Gasteiger partial charge in [-0.2, -0.15) is 0 Å². The highest BCUT2D eigenvalue weighted by Crippen LogP contribution is 2.42. The van der Waals surface area contributed by atoms with Crippen LogP contribution in [0.15, 0.2) is 24.3 Å². The Kier molecular flexibility index (Phi) is 4.72. The summed E-state index contributed by atoms with van der Waals surface area (Å²) in [7, 11) is 1.74. The van der Waals surface area contributed by atoms with E-state index in [1.54, 1.807) is 7.11 Å². The SMILES string of the molecule is COc1ccccc1N1CCN(Cc2nnc(C3CC(N)C3)n2C2CC2)CC1. The molecule has 1 aliphatic heterocycles. The summed E-state index contributed by atoms with van der Waals surface area (Å²) < 4.78 is 7.98. The van der Waals surface area contributed by atoms with Gasteiger partial charge in [0.2, 0.25) is 0 Å². The maximum absolute atomic E-state index is 6.01. The van der Waals surface area contributed by atoms with E-state index in [4.69, 9.17) is 10.5 Å². The van der Waals surface area contributed by atoms with Crippen LogP contribution < -0.4 is 15.4 Å². The number of ether oxygens (including phenoxy) is 1. The topological polar surface area (TPSA) is 72.4 Å². The van der Waals surface area contributed by atoms with Crippen LogP contribution in [-0.2, 0) is 6.54 Å². The fraction of sp³-hybridized carbons (Fsp3) is 0.619. The van der Waals surface area contributed by atoms with Crippen molar-refractivity contribution in [2.45, 2.75) is 50.2 Å². The smallest absolute Gasteiger partial charge is 0.147 e. The van der Waals surface area contributed by atoms with Crippen LogP contribution in [0, 0.1) is 0 Å². The van der Waals surface area contributed by atoms with Crippen molar-refractivity contribution in [1.29, 1.82) is 0 Å². The summed E-state index contributed by atoms with van der Waals surface area (Å²) >= 11 is 0. The molecule has 2 aliphatic carbocycles. The van der Waals surface area contributed by atoms with Crippen molar-refractivity contribution < 1.29 is 4.74 Å². The zero-order valence-corrected chi connectivity index (χ0v) is 16.6. The maximum atomic E-state index is 6.01. The fourth-order valence-corrected chi connectivity index (χ4v) is 4.56. The first-order valence-electron chi connectivity index (χ1n) is 10.5. The lowest BCUT2D eigenvalue weighted by molar-refractivity contribution is 0.238. The van der Waals surface area contributed by atoms with Crippen LogP contribution in [0.25, 0.3) is 0 Å². The van der Waals surface area contributed by atoms with Gasteiger partial charge >= 0.3 is 0 Å². The van der Waals surface area contributed by atoms with Gasteiger partial charge < -0.3 is 19.9 Å². The number of rotatable bonds is 6. The fourth-order valence-electron chi connectivity index (χ4n) is 4.56. The molecule has 150 valence electrons. The molecule has 0 atom stereocenters. The number of para-hydroxylation sites is 2. The molecule has 0 spiro atoms. The quantitative estimate of drug-likeness (QED) is 0.825. The van der Waals surface area contributed by atoms with Gasteiger partial charge in [0.05, 0.1) is 19.3 Å². The van der Waals surface area contributed by atoms with Crippen LogP contribution in [0.1, 0.15) is 49.3 Å². The van der Waals surface area contributed by atoms with Crippen molar-refractivity contribution in [3.05, 3.63) is 35.9 Å². The van der Waals surface area contributed by atoms with Gasteiger partial charge in [-0.05, 0) is 37.8 Å². The Morgan fingerprint density at radius 2 is 1.82 bits per heavy atom. The first kappa shape index (κ1) is 17.9. The Morgan fingerprint density at radius 1 is 1.07 bits per heavy atom. The Hall–Kier alpha value is -2.12. The molecule has 28 heavy (non-hydrogen) atoms. The lowest BCUT2D eigenvalue weighted by Gasteiger charge is -2.36. The van der Waals surface area contributed by atoms with Crippen molar-refractivity contribution in [2.75, 3.05) is 38.2 Å². The average molecular weight is 383 g/mol. The predicted molar refractivity (Wildman–Crippen MR) is 109 cm³/mol. The van der Waals surface area contributed by atoms with E-state index in [1.807, 2.05) is 12.1 Å². The Bertz CT molecular complexity index is 818. The molecule has 3 fully saturated rings. The van der Waals surface area contributed by atoms with Gasteiger partial charge in [0.1, 0.15) is 17.4 Å². The van der Waals surface area contributed by atoms with Crippen LogP contribution in [0.3, 0.4) is 0 Å². The van der Waals surface area contributed by atoms with E-state index in [2.05, 4.69) is 36.7 Å². The van der Waals surface area contributed by atoms with E-state index in [0.717, 1.165) is 57.1 Å². The van der Waals surface area contributed by atoms with Gasteiger partial charge in [0.15, 0.2) is 0 Å². The molecule has 7 heteroatoms. The van der Waals surface area contributed by atoms with Crippen LogP contribution in [0.2, 0.25) is 0 Å². The molecule has 2 heterocycles. The molecule has 3 aliphatic rings. The third-order valence-corrected chi connectivity index (χ3v) is 6.41. The first-order chi connectivity index (χ1) is 13.7. The standard InChI is InChI=1S/C21H30N6O/c1-28-19-5-3-2-4-18(19)26-10-8-25(9-11-26)14-20-23-24-21(15-12-16(22)13-15)27(20)17-6-7-17/h2-5,15-17H,6-14,22H2,1H3. The molecule has 1 aromatic heterocycles. The summed E-state index contributed by atoms with van der Waals surface area (Å²) in [4.78, 5) is 4.92. The van der Waals surface area contributed by atoms with E-state index in [-0.39, 0.29) is 0 Å². The van der Waals surface area contributed by atoms with Crippen molar-refractivity contribution >= 4 is 5.69 Å². The zero-order valence-electron chi connectivity index (χ0n) is 16.6. The summed E-state index contributed by atoms with van der Waals surface area (Å²) in [5.41, 5.74) is 7.20. The van der Waals surface area contributed by atoms with E-state index >= 15 is 0 Å². The highest BCUT2D eigenvalue weighted by atomic mass is 16.5. The summed E-state index contributed by atoms with van der Waals surface area (Å²) in [5, 5.41) is 9.19. The third kappa shape index (κ3) is 3.37. The maximum Gasteiger partial charge on any atom is 0.147 e. The highest BCUT2D eigenvalue weighted by molar-refractivity contribution is 5.58. The van der Waals surface area contributed by atoms with Gasteiger partial charge in [0, 0.05) is 44.2 Å². The van der Waals surface area contributed by atoms with Crippen molar-refractivity contribution in [1.82, 2.24) is 19.7 Å². The molecule has 2 aromatic rings. The van der Waals surface area contributed by atoms with Crippen LogP contribution in [0.5, 0.6) is 5.75 Å². The van der Waals surface area contributed by atoms with E-state index in [0.29, 0.717) is 18.0 Å². The minimum atomic E-state index is 0.348. The van der Waals surface area contributed by atoms with E-state index < -0.39 is 0 Å².